The molecule has 2 fully saturated rings. The number of carbonyl (C=O) groups excluding carboxylic acids is 3. The van der Waals surface area contributed by atoms with Crippen molar-refractivity contribution >= 4 is 23.7 Å². The highest BCUT2D eigenvalue weighted by molar-refractivity contribution is 6.22. The van der Waals surface area contributed by atoms with Gasteiger partial charge in [-0.15, -0.1) is 0 Å². The molecule has 8 heteroatoms. The van der Waals surface area contributed by atoms with Crippen LogP contribution < -0.4 is 5.32 Å². The second-order valence-corrected chi connectivity index (χ2v) is 7.90. The lowest BCUT2D eigenvalue weighted by Crippen LogP contribution is -2.56. The molecule has 2 saturated carbocycles. The fourth-order valence-corrected chi connectivity index (χ4v) is 3.95. The number of carboxylic acid groups (broad SMARTS) is 1. The largest absolute Gasteiger partial charge is 0.480 e. The second kappa shape index (κ2) is 7.35. The van der Waals surface area contributed by atoms with Gasteiger partial charge in [-0.1, -0.05) is 12.1 Å². The second-order valence-electron chi connectivity index (χ2n) is 7.90. The van der Waals surface area contributed by atoms with E-state index in [0.717, 1.165) is 24.3 Å². The molecule has 0 atom stereocenters. The monoisotopic (exact) mass is 385 g/mol. The summed E-state index contributed by atoms with van der Waals surface area (Å²) >= 11 is 0. The zero-order valence-corrected chi connectivity index (χ0v) is 15.5. The van der Waals surface area contributed by atoms with Crippen LogP contribution in [-0.4, -0.2) is 70.3 Å². The summed E-state index contributed by atoms with van der Waals surface area (Å²) in [5, 5.41) is 12.0. The van der Waals surface area contributed by atoms with Crippen LogP contribution in [0.25, 0.3) is 0 Å². The molecule has 2 N–H and O–H groups in total. The standard InChI is InChI=1S/C20H23N3O5/c24-17(10-23-19(27)15-3-1-2-4-16(15)20(23)28)21-13-7-14(8-13)22(11-18(25)26)9-12-5-6-12/h1-4,12-14H,5-11H2,(H,21,24)(H,25,26). The van der Waals surface area contributed by atoms with Gasteiger partial charge in [-0.2, -0.15) is 0 Å². The Morgan fingerprint density at radius 2 is 1.71 bits per heavy atom. The number of carbonyl (C=O) groups is 4. The lowest BCUT2D eigenvalue weighted by atomic mass is 9.85. The molecule has 1 aliphatic heterocycles. The van der Waals surface area contributed by atoms with Gasteiger partial charge in [0.2, 0.25) is 5.91 Å². The highest BCUT2D eigenvalue weighted by Crippen LogP contribution is 2.33. The zero-order chi connectivity index (χ0) is 19.8. The first-order valence-electron chi connectivity index (χ1n) is 9.63. The van der Waals surface area contributed by atoms with Gasteiger partial charge in [0, 0.05) is 18.6 Å². The van der Waals surface area contributed by atoms with Crippen LogP contribution in [0.15, 0.2) is 24.3 Å². The van der Waals surface area contributed by atoms with Crippen LogP contribution in [0.3, 0.4) is 0 Å². The third-order valence-electron chi connectivity index (χ3n) is 5.70. The van der Waals surface area contributed by atoms with E-state index < -0.39 is 17.8 Å². The summed E-state index contributed by atoms with van der Waals surface area (Å²) < 4.78 is 0. The van der Waals surface area contributed by atoms with E-state index in [1.54, 1.807) is 24.3 Å². The molecular formula is C20H23N3O5. The number of amides is 3. The topological polar surface area (TPSA) is 107 Å². The maximum absolute atomic E-state index is 12.3. The summed E-state index contributed by atoms with van der Waals surface area (Å²) in [7, 11) is 0. The number of imide groups is 1. The quantitative estimate of drug-likeness (QED) is 0.639. The van der Waals surface area contributed by atoms with Crippen molar-refractivity contribution in [3.63, 3.8) is 0 Å². The average Bonchev–Trinajstić information content (AvgIpc) is 3.40. The van der Waals surface area contributed by atoms with Crippen LogP contribution in [0.2, 0.25) is 0 Å². The Labute approximate surface area is 162 Å². The van der Waals surface area contributed by atoms with E-state index in [1.807, 2.05) is 4.90 Å². The van der Waals surface area contributed by atoms with Gasteiger partial charge in [-0.3, -0.25) is 29.0 Å². The molecule has 1 heterocycles. The van der Waals surface area contributed by atoms with E-state index in [2.05, 4.69) is 5.32 Å². The Kier molecular flexibility index (Phi) is 4.89. The third-order valence-corrected chi connectivity index (χ3v) is 5.70. The molecule has 1 aromatic carbocycles. The van der Waals surface area contributed by atoms with E-state index in [1.165, 1.54) is 0 Å². The summed E-state index contributed by atoms with van der Waals surface area (Å²) in [6.07, 6.45) is 3.69. The summed E-state index contributed by atoms with van der Waals surface area (Å²) in [5.41, 5.74) is 0.654. The molecule has 148 valence electrons. The predicted octanol–water partition coefficient (Wildman–Crippen LogP) is 0.726. The first-order valence-corrected chi connectivity index (χ1v) is 9.63. The Bertz CT molecular complexity index is 794. The van der Waals surface area contributed by atoms with Crippen molar-refractivity contribution < 1.29 is 24.3 Å². The van der Waals surface area contributed by atoms with Crippen LogP contribution in [-0.2, 0) is 9.59 Å². The van der Waals surface area contributed by atoms with Crippen molar-refractivity contribution in [2.24, 2.45) is 5.92 Å². The number of hydrogen-bond donors (Lipinski definition) is 2. The summed E-state index contributed by atoms with van der Waals surface area (Å²) in [4.78, 5) is 51.0. The number of nitrogens with one attached hydrogen (secondary N) is 1. The third kappa shape index (κ3) is 3.77. The van der Waals surface area contributed by atoms with Gasteiger partial charge in [0.1, 0.15) is 6.54 Å². The minimum absolute atomic E-state index is 0.0247. The number of rotatable bonds is 8. The van der Waals surface area contributed by atoms with Crippen molar-refractivity contribution in [2.45, 2.75) is 37.8 Å². The van der Waals surface area contributed by atoms with Crippen molar-refractivity contribution in [3.05, 3.63) is 35.4 Å². The van der Waals surface area contributed by atoms with E-state index in [0.29, 0.717) is 29.9 Å². The molecule has 0 bridgehead atoms. The van der Waals surface area contributed by atoms with Crippen molar-refractivity contribution in [2.75, 3.05) is 19.6 Å². The average molecular weight is 385 g/mol. The van der Waals surface area contributed by atoms with Gasteiger partial charge >= 0.3 is 5.97 Å². The van der Waals surface area contributed by atoms with Gasteiger partial charge in [0.25, 0.3) is 11.8 Å². The Morgan fingerprint density at radius 3 is 2.25 bits per heavy atom. The van der Waals surface area contributed by atoms with Crippen molar-refractivity contribution in [3.8, 4) is 0 Å². The fourth-order valence-electron chi connectivity index (χ4n) is 3.95. The number of nitrogens with zero attached hydrogens (tertiary/aromatic N) is 2. The molecule has 0 saturated heterocycles. The highest BCUT2D eigenvalue weighted by Gasteiger charge is 2.39. The molecule has 0 unspecified atom stereocenters. The Hall–Kier alpha value is -2.74. The van der Waals surface area contributed by atoms with Crippen LogP contribution in [0, 0.1) is 5.92 Å². The minimum Gasteiger partial charge on any atom is -0.480 e. The molecule has 1 aromatic rings. The summed E-state index contributed by atoms with van der Waals surface area (Å²) in [5.74, 6) is -1.50. The SMILES string of the molecule is O=C(O)CN(CC1CC1)C1CC(NC(=O)CN2C(=O)c3ccccc3C2=O)C1. The number of benzene rings is 1. The first-order chi connectivity index (χ1) is 13.4. The first kappa shape index (κ1) is 18.6. The molecule has 3 aliphatic rings. The van der Waals surface area contributed by atoms with Crippen molar-refractivity contribution in [1.29, 1.82) is 0 Å². The van der Waals surface area contributed by atoms with Gasteiger partial charge in [0.15, 0.2) is 0 Å². The lowest BCUT2D eigenvalue weighted by Gasteiger charge is -2.42. The number of fused-ring (bicyclic) bond motifs is 1. The van der Waals surface area contributed by atoms with E-state index in [4.69, 9.17) is 5.11 Å². The molecule has 28 heavy (non-hydrogen) atoms. The highest BCUT2D eigenvalue weighted by atomic mass is 16.4. The summed E-state index contributed by atoms with van der Waals surface area (Å²) in [6.45, 7) is 0.526. The Morgan fingerprint density at radius 1 is 1.11 bits per heavy atom. The van der Waals surface area contributed by atoms with Crippen LogP contribution in [0.5, 0.6) is 0 Å². The lowest BCUT2D eigenvalue weighted by molar-refractivity contribution is -0.140. The smallest absolute Gasteiger partial charge is 0.317 e. The van der Waals surface area contributed by atoms with E-state index in [-0.39, 0.29) is 31.1 Å². The molecule has 4 rings (SSSR count). The molecule has 0 spiro atoms. The number of carboxylic acids is 1. The molecular weight excluding hydrogens is 362 g/mol. The molecule has 0 radical (unpaired) electrons. The number of aliphatic carboxylic acids is 1. The van der Waals surface area contributed by atoms with Gasteiger partial charge in [0.05, 0.1) is 17.7 Å². The maximum atomic E-state index is 12.3. The van der Waals surface area contributed by atoms with E-state index >= 15 is 0 Å². The number of hydrogen-bond acceptors (Lipinski definition) is 5. The van der Waals surface area contributed by atoms with Gasteiger partial charge in [-0.05, 0) is 43.7 Å². The molecule has 8 nitrogen and oxygen atoms in total. The van der Waals surface area contributed by atoms with Crippen LogP contribution in [0.4, 0.5) is 0 Å². The van der Waals surface area contributed by atoms with Crippen LogP contribution in [0.1, 0.15) is 46.4 Å². The van der Waals surface area contributed by atoms with Gasteiger partial charge in [-0.25, -0.2) is 0 Å². The zero-order valence-electron chi connectivity index (χ0n) is 15.5. The van der Waals surface area contributed by atoms with Crippen LogP contribution >= 0.6 is 0 Å². The van der Waals surface area contributed by atoms with Crippen molar-refractivity contribution in [1.82, 2.24) is 15.1 Å². The maximum Gasteiger partial charge on any atom is 0.317 e. The molecule has 0 aromatic heterocycles. The van der Waals surface area contributed by atoms with Gasteiger partial charge < -0.3 is 10.4 Å². The Balaban J connectivity index is 1.27. The molecule has 3 amide bonds. The van der Waals surface area contributed by atoms with E-state index in [9.17, 15) is 19.2 Å². The normalized spacial score (nSPS) is 23.5. The summed E-state index contributed by atoms with van der Waals surface area (Å²) in [6, 6.07) is 6.64. The predicted molar refractivity (Wildman–Crippen MR) is 98.7 cm³/mol. The fraction of sp³-hybridized carbons (Fsp3) is 0.500. The molecule has 2 aliphatic carbocycles. The minimum atomic E-state index is -0.834.